The third-order valence-electron chi connectivity index (χ3n) is 5.26. The smallest absolute Gasteiger partial charge is 0.275 e. The normalized spacial score (nSPS) is 20.8. The van der Waals surface area contributed by atoms with Crippen molar-refractivity contribution in [1.82, 2.24) is 20.4 Å². The van der Waals surface area contributed by atoms with Crippen LogP contribution < -0.4 is 5.32 Å². The SMILES string of the molecule is O=C(c1n[nH]c2c1CCNC2)N1CCCCCC1c1cccc(F)c1. The predicted octanol–water partition coefficient (Wildman–Crippen LogP) is 2.95. The monoisotopic (exact) mass is 342 g/mol. The van der Waals surface area contributed by atoms with Crippen molar-refractivity contribution >= 4 is 5.91 Å². The van der Waals surface area contributed by atoms with E-state index in [0.717, 1.165) is 62.0 Å². The molecule has 2 N–H and O–H groups in total. The number of carbonyl (C=O) groups is 1. The van der Waals surface area contributed by atoms with Gasteiger partial charge in [-0.05, 0) is 43.5 Å². The van der Waals surface area contributed by atoms with Crippen LogP contribution in [0.1, 0.15) is 59.0 Å². The van der Waals surface area contributed by atoms with E-state index >= 15 is 0 Å². The molecular formula is C19H23FN4O. The summed E-state index contributed by atoms with van der Waals surface area (Å²) in [5.74, 6) is -0.284. The van der Waals surface area contributed by atoms with Crippen molar-refractivity contribution in [2.24, 2.45) is 0 Å². The number of nitrogens with one attached hydrogen (secondary N) is 2. The summed E-state index contributed by atoms with van der Waals surface area (Å²) in [5.41, 5.74) is 3.46. The molecule has 2 aliphatic rings. The summed E-state index contributed by atoms with van der Waals surface area (Å²) in [6, 6.07) is 6.56. The number of hydrogen-bond acceptors (Lipinski definition) is 3. The summed E-state index contributed by atoms with van der Waals surface area (Å²) in [6.07, 6.45) is 4.80. The molecule has 1 unspecified atom stereocenters. The van der Waals surface area contributed by atoms with E-state index in [1.165, 1.54) is 6.07 Å². The Morgan fingerprint density at radius 3 is 3.08 bits per heavy atom. The van der Waals surface area contributed by atoms with Crippen LogP contribution in [0.3, 0.4) is 0 Å². The topological polar surface area (TPSA) is 61.0 Å². The molecule has 0 aliphatic carbocycles. The summed E-state index contributed by atoms with van der Waals surface area (Å²) in [6.45, 7) is 2.28. The van der Waals surface area contributed by atoms with E-state index in [2.05, 4.69) is 15.5 Å². The van der Waals surface area contributed by atoms with Crippen molar-refractivity contribution in [1.29, 1.82) is 0 Å². The molecule has 0 spiro atoms. The summed E-state index contributed by atoms with van der Waals surface area (Å²) >= 11 is 0. The number of rotatable bonds is 2. The van der Waals surface area contributed by atoms with Crippen molar-refractivity contribution < 1.29 is 9.18 Å². The van der Waals surface area contributed by atoms with Gasteiger partial charge in [-0.25, -0.2) is 4.39 Å². The molecule has 3 heterocycles. The average molecular weight is 342 g/mol. The lowest BCUT2D eigenvalue weighted by Crippen LogP contribution is -2.36. The van der Waals surface area contributed by atoms with Gasteiger partial charge >= 0.3 is 0 Å². The molecule has 0 bridgehead atoms. The third kappa shape index (κ3) is 3.18. The average Bonchev–Trinajstić information content (AvgIpc) is 2.90. The van der Waals surface area contributed by atoms with Gasteiger partial charge in [-0.3, -0.25) is 9.89 Å². The second-order valence-corrected chi connectivity index (χ2v) is 6.87. The fraction of sp³-hybridized carbons (Fsp3) is 0.474. The first kappa shape index (κ1) is 16.3. The van der Waals surface area contributed by atoms with Crippen LogP contribution in [0.25, 0.3) is 0 Å². The zero-order valence-corrected chi connectivity index (χ0v) is 14.2. The lowest BCUT2D eigenvalue weighted by atomic mass is 9.99. The van der Waals surface area contributed by atoms with Gasteiger partial charge in [0.1, 0.15) is 5.82 Å². The maximum absolute atomic E-state index is 13.7. The zero-order chi connectivity index (χ0) is 17.2. The fourth-order valence-corrected chi connectivity index (χ4v) is 3.97. The Morgan fingerprint density at radius 1 is 1.28 bits per heavy atom. The van der Waals surface area contributed by atoms with Crippen molar-refractivity contribution in [2.75, 3.05) is 13.1 Å². The molecule has 4 rings (SSSR count). The quantitative estimate of drug-likeness (QED) is 0.882. The number of nitrogens with zero attached hydrogens (tertiary/aromatic N) is 2. The predicted molar refractivity (Wildman–Crippen MR) is 92.6 cm³/mol. The first-order valence-electron chi connectivity index (χ1n) is 9.07. The van der Waals surface area contributed by atoms with E-state index in [1.807, 2.05) is 11.0 Å². The Bertz CT molecular complexity index is 773. The van der Waals surface area contributed by atoms with Crippen molar-refractivity contribution in [3.8, 4) is 0 Å². The van der Waals surface area contributed by atoms with E-state index in [0.29, 0.717) is 12.2 Å². The summed E-state index contributed by atoms with van der Waals surface area (Å²) in [5, 5.41) is 10.6. The van der Waals surface area contributed by atoms with E-state index in [-0.39, 0.29) is 17.8 Å². The number of fused-ring (bicyclic) bond motifs is 1. The number of H-pyrrole nitrogens is 1. The highest BCUT2D eigenvalue weighted by Gasteiger charge is 2.31. The van der Waals surface area contributed by atoms with Crippen LogP contribution in [0.2, 0.25) is 0 Å². The number of aromatic nitrogens is 2. The number of carbonyl (C=O) groups excluding carboxylic acids is 1. The van der Waals surface area contributed by atoms with Gasteiger partial charge in [-0.15, -0.1) is 0 Å². The highest BCUT2D eigenvalue weighted by Crippen LogP contribution is 2.32. The van der Waals surface area contributed by atoms with E-state index < -0.39 is 0 Å². The highest BCUT2D eigenvalue weighted by molar-refractivity contribution is 5.94. The van der Waals surface area contributed by atoms with Crippen LogP contribution in [-0.4, -0.2) is 34.1 Å². The minimum Gasteiger partial charge on any atom is -0.330 e. The maximum atomic E-state index is 13.7. The molecule has 1 aromatic heterocycles. The Morgan fingerprint density at radius 2 is 2.20 bits per heavy atom. The van der Waals surface area contributed by atoms with Crippen LogP contribution in [0.4, 0.5) is 4.39 Å². The Labute approximate surface area is 146 Å². The number of hydrogen-bond donors (Lipinski definition) is 2. The van der Waals surface area contributed by atoms with Crippen LogP contribution in [0, 0.1) is 5.82 Å². The molecular weight excluding hydrogens is 319 g/mol. The molecule has 1 saturated heterocycles. The molecule has 1 fully saturated rings. The van der Waals surface area contributed by atoms with E-state index in [9.17, 15) is 9.18 Å². The first-order valence-corrected chi connectivity index (χ1v) is 9.07. The summed E-state index contributed by atoms with van der Waals surface area (Å²) in [7, 11) is 0. The molecule has 5 nitrogen and oxygen atoms in total. The van der Waals surface area contributed by atoms with E-state index in [1.54, 1.807) is 12.1 Å². The maximum Gasteiger partial charge on any atom is 0.275 e. The molecule has 6 heteroatoms. The number of amides is 1. The van der Waals surface area contributed by atoms with Gasteiger partial charge in [-0.1, -0.05) is 25.0 Å². The van der Waals surface area contributed by atoms with Gasteiger partial charge in [0.2, 0.25) is 0 Å². The highest BCUT2D eigenvalue weighted by atomic mass is 19.1. The standard InChI is InChI=1S/C19H23FN4O/c20-14-6-4-5-13(11-14)17-7-2-1-3-10-24(17)19(25)18-15-8-9-21-12-16(15)22-23-18/h4-6,11,17,21H,1-3,7-10,12H2,(H,22,23). The summed E-state index contributed by atoms with van der Waals surface area (Å²) < 4.78 is 13.7. The summed E-state index contributed by atoms with van der Waals surface area (Å²) in [4.78, 5) is 15.2. The first-order chi connectivity index (χ1) is 12.2. The Kier molecular flexibility index (Phi) is 4.53. The Hall–Kier alpha value is -2.21. The largest absolute Gasteiger partial charge is 0.330 e. The molecule has 1 amide bonds. The minimum absolute atomic E-state index is 0.0319. The number of likely N-dealkylation sites (tertiary alicyclic amines) is 1. The minimum atomic E-state index is -0.252. The van der Waals surface area contributed by atoms with Crippen molar-refractivity contribution in [2.45, 2.75) is 44.7 Å². The molecule has 2 aliphatic heterocycles. The van der Waals surface area contributed by atoms with Crippen molar-refractivity contribution in [3.63, 3.8) is 0 Å². The molecule has 1 atom stereocenters. The molecule has 25 heavy (non-hydrogen) atoms. The van der Waals surface area contributed by atoms with E-state index in [4.69, 9.17) is 0 Å². The third-order valence-corrected chi connectivity index (χ3v) is 5.26. The molecule has 1 aromatic carbocycles. The zero-order valence-electron chi connectivity index (χ0n) is 14.2. The number of aromatic amines is 1. The second-order valence-electron chi connectivity index (χ2n) is 6.87. The van der Waals surface area contributed by atoms with Crippen LogP contribution in [0.15, 0.2) is 24.3 Å². The van der Waals surface area contributed by atoms with Crippen LogP contribution in [0.5, 0.6) is 0 Å². The van der Waals surface area contributed by atoms with Gasteiger partial charge in [0.05, 0.1) is 11.7 Å². The van der Waals surface area contributed by atoms with Gasteiger partial charge in [0, 0.05) is 18.7 Å². The van der Waals surface area contributed by atoms with Crippen LogP contribution >= 0.6 is 0 Å². The fourth-order valence-electron chi connectivity index (χ4n) is 3.97. The second kappa shape index (κ2) is 6.96. The lowest BCUT2D eigenvalue weighted by Gasteiger charge is -2.30. The van der Waals surface area contributed by atoms with Gasteiger partial charge in [0.15, 0.2) is 5.69 Å². The molecule has 0 saturated carbocycles. The number of benzene rings is 1. The van der Waals surface area contributed by atoms with Gasteiger partial charge in [0.25, 0.3) is 5.91 Å². The Balaban J connectivity index is 1.67. The molecule has 0 radical (unpaired) electrons. The van der Waals surface area contributed by atoms with Crippen LogP contribution in [-0.2, 0) is 13.0 Å². The molecule has 132 valence electrons. The van der Waals surface area contributed by atoms with Gasteiger partial charge < -0.3 is 10.2 Å². The molecule has 2 aromatic rings. The van der Waals surface area contributed by atoms with Crippen molar-refractivity contribution in [3.05, 3.63) is 52.6 Å². The number of halogens is 1. The van der Waals surface area contributed by atoms with Gasteiger partial charge in [-0.2, -0.15) is 5.10 Å². The lowest BCUT2D eigenvalue weighted by molar-refractivity contribution is 0.0673.